The number of hydrogen-bond donors (Lipinski definition) is 1. The zero-order valence-electron chi connectivity index (χ0n) is 7.76. The molecule has 0 aromatic rings. The van der Waals surface area contributed by atoms with Crippen LogP contribution in [0, 0.1) is 11.8 Å². The Morgan fingerprint density at radius 2 is 2.42 bits per heavy atom. The monoisotopic (exact) mass is 168 g/mol. The normalized spacial score (nSPS) is 30.9. The van der Waals surface area contributed by atoms with Crippen LogP contribution < -0.4 is 0 Å². The number of hydrogen-bond acceptors (Lipinski definition) is 2. The number of aliphatic hydroxyl groups excluding tert-OH is 1. The maximum Gasteiger partial charge on any atom is 0.0936 e. The summed E-state index contributed by atoms with van der Waals surface area (Å²) in [7, 11) is 0. The molecule has 0 radical (unpaired) electrons. The lowest BCUT2D eigenvalue weighted by molar-refractivity contribution is -0.0749. The van der Waals surface area contributed by atoms with Gasteiger partial charge < -0.3 is 9.84 Å². The van der Waals surface area contributed by atoms with E-state index < -0.39 is 6.10 Å². The molecule has 1 N–H and O–H groups in total. The second-order valence-corrected chi connectivity index (χ2v) is 3.41. The second kappa shape index (κ2) is 3.93. The van der Waals surface area contributed by atoms with Gasteiger partial charge in [0.05, 0.1) is 11.7 Å². The van der Waals surface area contributed by atoms with Crippen molar-refractivity contribution in [3.05, 3.63) is 0 Å². The molecule has 0 amide bonds. The van der Waals surface area contributed by atoms with Crippen molar-refractivity contribution in [2.75, 3.05) is 6.61 Å². The molecule has 2 atom stereocenters. The standard InChI is InChI=1S/C10H16O2/c1-3-4-6-9(11)10(2)7-5-8-12-10/h9,11H,5-8H2,1-2H3. The summed E-state index contributed by atoms with van der Waals surface area (Å²) in [5.74, 6) is 5.64. The smallest absolute Gasteiger partial charge is 0.0936 e. The van der Waals surface area contributed by atoms with Gasteiger partial charge in [-0.3, -0.25) is 0 Å². The summed E-state index contributed by atoms with van der Waals surface area (Å²) >= 11 is 0. The average Bonchev–Trinajstić information content (AvgIpc) is 2.49. The number of rotatable bonds is 2. The van der Waals surface area contributed by atoms with Gasteiger partial charge in [0, 0.05) is 13.0 Å². The molecule has 2 unspecified atom stereocenters. The fourth-order valence-corrected chi connectivity index (χ4v) is 1.48. The highest BCUT2D eigenvalue weighted by atomic mass is 16.5. The molecule has 1 aliphatic rings. The average molecular weight is 168 g/mol. The SMILES string of the molecule is CC#CCC(O)C1(C)CCCO1. The summed E-state index contributed by atoms with van der Waals surface area (Å²) in [5, 5.41) is 9.71. The second-order valence-electron chi connectivity index (χ2n) is 3.41. The van der Waals surface area contributed by atoms with Crippen LogP contribution in [0.5, 0.6) is 0 Å². The summed E-state index contributed by atoms with van der Waals surface area (Å²) in [4.78, 5) is 0. The van der Waals surface area contributed by atoms with Crippen molar-refractivity contribution in [1.82, 2.24) is 0 Å². The Kier molecular flexibility index (Phi) is 3.13. The molecular weight excluding hydrogens is 152 g/mol. The lowest BCUT2D eigenvalue weighted by Crippen LogP contribution is -2.38. The molecule has 0 aromatic carbocycles. The van der Waals surface area contributed by atoms with E-state index in [0.29, 0.717) is 6.42 Å². The Morgan fingerprint density at radius 1 is 1.67 bits per heavy atom. The molecule has 2 heteroatoms. The van der Waals surface area contributed by atoms with Gasteiger partial charge in [0.1, 0.15) is 0 Å². The van der Waals surface area contributed by atoms with Gasteiger partial charge in [-0.25, -0.2) is 0 Å². The maximum atomic E-state index is 9.71. The van der Waals surface area contributed by atoms with Gasteiger partial charge in [0.25, 0.3) is 0 Å². The van der Waals surface area contributed by atoms with Crippen molar-refractivity contribution >= 4 is 0 Å². The van der Waals surface area contributed by atoms with Crippen LogP contribution in [-0.2, 0) is 4.74 Å². The van der Waals surface area contributed by atoms with Gasteiger partial charge >= 0.3 is 0 Å². The predicted molar refractivity (Wildman–Crippen MR) is 47.7 cm³/mol. The van der Waals surface area contributed by atoms with Gasteiger partial charge in [-0.2, -0.15) is 0 Å². The van der Waals surface area contributed by atoms with Crippen LogP contribution in [0.25, 0.3) is 0 Å². The van der Waals surface area contributed by atoms with Crippen LogP contribution in [0.15, 0.2) is 0 Å². The highest BCUT2D eigenvalue weighted by Gasteiger charge is 2.36. The quantitative estimate of drug-likeness (QED) is 0.630. The first-order chi connectivity index (χ1) is 5.69. The first-order valence-electron chi connectivity index (χ1n) is 4.41. The highest BCUT2D eigenvalue weighted by molar-refractivity contribution is 5.01. The topological polar surface area (TPSA) is 29.5 Å². The highest BCUT2D eigenvalue weighted by Crippen LogP contribution is 2.29. The van der Waals surface area contributed by atoms with E-state index in [4.69, 9.17) is 4.74 Å². The van der Waals surface area contributed by atoms with E-state index in [1.54, 1.807) is 6.92 Å². The fraction of sp³-hybridized carbons (Fsp3) is 0.800. The van der Waals surface area contributed by atoms with E-state index in [0.717, 1.165) is 19.4 Å². The molecule has 0 spiro atoms. The molecule has 1 fully saturated rings. The molecule has 0 bridgehead atoms. The number of aliphatic hydroxyl groups is 1. The Labute approximate surface area is 73.9 Å². The molecule has 1 saturated heterocycles. The van der Waals surface area contributed by atoms with E-state index >= 15 is 0 Å². The third-order valence-electron chi connectivity index (χ3n) is 2.43. The molecule has 1 rings (SSSR count). The molecule has 0 aliphatic carbocycles. The molecule has 0 saturated carbocycles. The van der Waals surface area contributed by atoms with Crippen LogP contribution in [0.1, 0.15) is 33.1 Å². The van der Waals surface area contributed by atoms with Crippen molar-refractivity contribution in [3.63, 3.8) is 0 Å². The van der Waals surface area contributed by atoms with Crippen LogP contribution in [0.2, 0.25) is 0 Å². The maximum absolute atomic E-state index is 9.71. The molecular formula is C10H16O2. The molecule has 1 aliphatic heterocycles. The molecule has 1 heterocycles. The van der Waals surface area contributed by atoms with Gasteiger partial charge in [-0.05, 0) is 26.7 Å². The van der Waals surface area contributed by atoms with E-state index in [1.807, 2.05) is 6.92 Å². The first kappa shape index (κ1) is 9.57. The van der Waals surface area contributed by atoms with Crippen LogP contribution in [-0.4, -0.2) is 23.4 Å². The van der Waals surface area contributed by atoms with E-state index in [1.165, 1.54) is 0 Å². The molecule has 0 aromatic heterocycles. The first-order valence-corrected chi connectivity index (χ1v) is 4.41. The Morgan fingerprint density at radius 3 is 2.92 bits per heavy atom. The third kappa shape index (κ3) is 2.00. The third-order valence-corrected chi connectivity index (χ3v) is 2.43. The summed E-state index contributed by atoms with van der Waals surface area (Å²) in [5.41, 5.74) is -0.343. The Bertz CT molecular complexity index is 194. The molecule has 2 nitrogen and oxygen atoms in total. The van der Waals surface area contributed by atoms with E-state index in [-0.39, 0.29) is 5.60 Å². The fourth-order valence-electron chi connectivity index (χ4n) is 1.48. The lowest BCUT2D eigenvalue weighted by atomic mass is 9.93. The van der Waals surface area contributed by atoms with Crippen molar-refractivity contribution in [3.8, 4) is 11.8 Å². The zero-order valence-corrected chi connectivity index (χ0v) is 7.76. The van der Waals surface area contributed by atoms with Gasteiger partial charge in [0.2, 0.25) is 0 Å². The van der Waals surface area contributed by atoms with Crippen molar-refractivity contribution in [2.45, 2.75) is 44.8 Å². The van der Waals surface area contributed by atoms with Crippen LogP contribution in [0.3, 0.4) is 0 Å². The molecule has 12 heavy (non-hydrogen) atoms. The summed E-state index contributed by atoms with van der Waals surface area (Å²) < 4.78 is 5.48. The minimum Gasteiger partial charge on any atom is -0.389 e. The van der Waals surface area contributed by atoms with E-state index in [2.05, 4.69) is 11.8 Å². The lowest BCUT2D eigenvalue weighted by Gasteiger charge is -2.27. The van der Waals surface area contributed by atoms with E-state index in [9.17, 15) is 5.11 Å². The van der Waals surface area contributed by atoms with Gasteiger partial charge in [-0.1, -0.05) is 0 Å². The van der Waals surface area contributed by atoms with Crippen LogP contribution in [0.4, 0.5) is 0 Å². The van der Waals surface area contributed by atoms with Gasteiger partial charge in [0.15, 0.2) is 0 Å². The summed E-state index contributed by atoms with van der Waals surface area (Å²) in [6.45, 7) is 4.51. The summed E-state index contributed by atoms with van der Waals surface area (Å²) in [6, 6.07) is 0. The summed E-state index contributed by atoms with van der Waals surface area (Å²) in [6.07, 6.45) is 2.08. The molecule has 68 valence electrons. The minimum absolute atomic E-state index is 0.343. The van der Waals surface area contributed by atoms with Crippen molar-refractivity contribution in [1.29, 1.82) is 0 Å². The predicted octanol–water partition coefficient (Wildman–Crippen LogP) is 1.33. The zero-order chi connectivity index (χ0) is 9.03. The van der Waals surface area contributed by atoms with Crippen molar-refractivity contribution in [2.24, 2.45) is 0 Å². The van der Waals surface area contributed by atoms with Crippen LogP contribution >= 0.6 is 0 Å². The van der Waals surface area contributed by atoms with Crippen molar-refractivity contribution < 1.29 is 9.84 Å². The minimum atomic E-state index is -0.438. The number of ether oxygens (including phenoxy) is 1. The largest absolute Gasteiger partial charge is 0.389 e. The Balaban J connectivity index is 2.47. The van der Waals surface area contributed by atoms with Gasteiger partial charge in [-0.15, -0.1) is 11.8 Å². The Hall–Kier alpha value is -0.520.